The molecule has 1 aliphatic carbocycles. The van der Waals surface area contributed by atoms with Crippen LogP contribution in [0.3, 0.4) is 0 Å². The summed E-state index contributed by atoms with van der Waals surface area (Å²) in [5, 5.41) is 5.83. The van der Waals surface area contributed by atoms with Crippen molar-refractivity contribution >= 4 is 27.5 Å². The second-order valence-electron chi connectivity index (χ2n) is 8.50. The summed E-state index contributed by atoms with van der Waals surface area (Å²) in [6.45, 7) is 2.15. The van der Waals surface area contributed by atoms with Gasteiger partial charge in [0, 0.05) is 25.2 Å². The Bertz CT molecular complexity index is 940. The average molecular weight is 436 g/mol. The van der Waals surface area contributed by atoms with Gasteiger partial charge in [-0.25, -0.2) is 8.42 Å². The van der Waals surface area contributed by atoms with Gasteiger partial charge in [0.25, 0.3) is 5.91 Å². The molecule has 1 saturated heterocycles. The summed E-state index contributed by atoms with van der Waals surface area (Å²) in [5.41, 5.74) is 1.01. The molecular weight excluding hydrogens is 406 g/mol. The van der Waals surface area contributed by atoms with E-state index in [1.807, 2.05) is 0 Å². The van der Waals surface area contributed by atoms with E-state index in [4.69, 9.17) is 4.74 Å². The Morgan fingerprint density at radius 3 is 2.70 bits per heavy atom. The molecule has 0 bridgehead atoms. The van der Waals surface area contributed by atoms with Gasteiger partial charge in [0.1, 0.15) is 5.75 Å². The first-order valence-corrected chi connectivity index (χ1v) is 12.2. The minimum atomic E-state index is -3.78. The molecule has 2 N–H and O–H groups in total. The molecule has 2 heterocycles. The van der Waals surface area contributed by atoms with Crippen LogP contribution < -0.4 is 15.4 Å². The topological polar surface area (TPSA) is 105 Å². The summed E-state index contributed by atoms with van der Waals surface area (Å²) in [4.78, 5) is 24.4. The van der Waals surface area contributed by atoms with Gasteiger partial charge in [0.05, 0.1) is 16.5 Å². The zero-order chi connectivity index (χ0) is 21.3. The summed E-state index contributed by atoms with van der Waals surface area (Å²) in [6, 6.07) is 3.32. The van der Waals surface area contributed by atoms with E-state index in [2.05, 4.69) is 10.6 Å². The van der Waals surface area contributed by atoms with E-state index in [0.29, 0.717) is 36.4 Å². The number of nitrogens with zero attached hydrogens (tertiary/aromatic N) is 1. The first-order valence-electron chi connectivity index (χ1n) is 10.7. The molecule has 2 amide bonds. The van der Waals surface area contributed by atoms with E-state index in [1.165, 1.54) is 16.8 Å². The zero-order valence-electron chi connectivity index (χ0n) is 17.3. The van der Waals surface area contributed by atoms with Crippen LogP contribution in [0.5, 0.6) is 5.75 Å². The van der Waals surface area contributed by atoms with Crippen LogP contribution in [0.15, 0.2) is 17.0 Å². The number of piperidine rings is 1. The van der Waals surface area contributed by atoms with Crippen molar-refractivity contribution in [2.24, 2.45) is 5.92 Å². The number of carbonyl (C=O) groups excluding carboxylic acids is 2. The van der Waals surface area contributed by atoms with Gasteiger partial charge in [-0.3, -0.25) is 9.59 Å². The van der Waals surface area contributed by atoms with Gasteiger partial charge in [0.2, 0.25) is 15.9 Å². The normalized spacial score (nSPS) is 23.2. The lowest BCUT2D eigenvalue weighted by Gasteiger charge is -2.33. The molecule has 9 heteroatoms. The lowest BCUT2D eigenvalue weighted by Crippen LogP contribution is -2.48. The number of sulfonamides is 1. The third kappa shape index (κ3) is 4.32. The van der Waals surface area contributed by atoms with Crippen molar-refractivity contribution in [3.05, 3.63) is 17.7 Å². The van der Waals surface area contributed by atoms with Crippen molar-refractivity contribution in [1.82, 2.24) is 9.62 Å². The van der Waals surface area contributed by atoms with Gasteiger partial charge in [-0.15, -0.1) is 0 Å². The Morgan fingerprint density at radius 1 is 1.17 bits per heavy atom. The standard InChI is InChI=1S/C21H29N3O5S/c1-14-10-17-18(29-13-20(25)23-17)11-19(14)30(27,28)24-9-5-6-15(12-24)21(26)22-16-7-3-2-4-8-16/h10-11,15-16H,2-9,12-13H2,1H3,(H,22,26)(H,23,25)/t15-/m1/s1. The van der Waals surface area contributed by atoms with E-state index < -0.39 is 10.0 Å². The second-order valence-corrected chi connectivity index (χ2v) is 10.4. The molecule has 30 heavy (non-hydrogen) atoms. The highest BCUT2D eigenvalue weighted by atomic mass is 32.2. The highest BCUT2D eigenvalue weighted by Gasteiger charge is 2.35. The fourth-order valence-corrected chi connectivity index (χ4v) is 6.32. The third-order valence-corrected chi connectivity index (χ3v) is 8.24. The van der Waals surface area contributed by atoms with Crippen molar-refractivity contribution in [1.29, 1.82) is 0 Å². The average Bonchev–Trinajstić information content (AvgIpc) is 2.74. The Hall–Kier alpha value is -2.13. The van der Waals surface area contributed by atoms with E-state index in [-0.39, 0.29) is 41.8 Å². The van der Waals surface area contributed by atoms with Crippen LogP contribution in [-0.4, -0.2) is 50.3 Å². The number of nitrogens with one attached hydrogen (secondary N) is 2. The number of ether oxygens (including phenoxy) is 1. The van der Waals surface area contributed by atoms with Crippen molar-refractivity contribution in [3.8, 4) is 5.75 Å². The van der Waals surface area contributed by atoms with Crippen molar-refractivity contribution in [2.75, 3.05) is 25.0 Å². The summed E-state index contributed by atoms with van der Waals surface area (Å²) < 4.78 is 33.5. The van der Waals surface area contributed by atoms with Crippen LogP contribution in [0.2, 0.25) is 0 Å². The highest BCUT2D eigenvalue weighted by molar-refractivity contribution is 7.89. The van der Waals surface area contributed by atoms with Crippen LogP contribution in [0.4, 0.5) is 5.69 Å². The van der Waals surface area contributed by atoms with E-state index in [9.17, 15) is 18.0 Å². The predicted octanol–water partition coefficient (Wildman–Crippen LogP) is 2.18. The number of carbonyl (C=O) groups is 2. The van der Waals surface area contributed by atoms with E-state index >= 15 is 0 Å². The van der Waals surface area contributed by atoms with Crippen LogP contribution in [0.1, 0.15) is 50.5 Å². The Kier molecular flexibility index (Phi) is 6.02. The summed E-state index contributed by atoms with van der Waals surface area (Å²) in [6.07, 6.45) is 6.85. The largest absolute Gasteiger partial charge is 0.482 e. The molecule has 0 radical (unpaired) electrons. The molecule has 1 aromatic rings. The molecule has 3 aliphatic rings. The maximum atomic E-state index is 13.4. The van der Waals surface area contributed by atoms with E-state index in [0.717, 1.165) is 25.7 Å². The lowest BCUT2D eigenvalue weighted by molar-refractivity contribution is -0.127. The lowest BCUT2D eigenvalue weighted by atomic mass is 9.93. The smallest absolute Gasteiger partial charge is 0.262 e. The molecule has 1 atom stereocenters. The van der Waals surface area contributed by atoms with Gasteiger partial charge in [0.15, 0.2) is 6.61 Å². The number of fused-ring (bicyclic) bond motifs is 1. The minimum absolute atomic E-state index is 0.0324. The molecule has 1 aromatic carbocycles. The summed E-state index contributed by atoms with van der Waals surface area (Å²) >= 11 is 0. The third-order valence-electron chi connectivity index (χ3n) is 6.23. The van der Waals surface area contributed by atoms with Crippen LogP contribution in [0.25, 0.3) is 0 Å². The Morgan fingerprint density at radius 2 is 1.93 bits per heavy atom. The number of rotatable bonds is 4. The molecular formula is C21H29N3O5S. The van der Waals surface area contributed by atoms with Crippen LogP contribution in [0, 0.1) is 12.8 Å². The molecule has 1 saturated carbocycles. The number of anilines is 1. The molecule has 0 unspecified atom stereocenters. The Labute approximate surface area is 177 Å². The number of hydrogen-bond donors (Lipinski definition) is 2. The molecule has 0 spiro atoms. The molecule has 4 rings (SSSR count). The van der Waals surface area contributed by atoms with Gasteiger partial charge in [-0.05, 0) is 44.2 Å². The van der Waals surface area contributed by atoms with E-state index in [1.54, 1.807) is 13.0 Å². The molecule has 2 fully saturated rings. The van der Waals surface area contributed by atoms with Gasteiger partial charge >= 0.3 is 0 Å². The van der Waals surface area contributed by atoms with Crippen LogP contribution >= 0.6 is 0 Å². The summed E-state index contributed by atoms with van der Waals surface area (Å²) in [5.74, 6) is -0.276. The number of benzene rings is 1. The number of hydrogen-bond acceptors (Lipinski definition) is 5. The maximum Gasteiger partial charge on any atom is 0.262 e. The SMILES string of the molecule is Cc1cc2c(cc1S(=O)(=O)N1CCC[C@@H](C(=O)NC3CCCCC3)C1)OCC(=O)N2. The fourth-order valence-electron chi connectivity index (χ4n) is 4.57. The van der Waals surface area contributed by atoms with Crippen molar-refractivity contribution in [2.45, 2.75) is 62.8 Å². The highest BCUT2D eigenvalue weighted by Crippen LogP contribution is 2.35. The monoisotopic (exact) mass is 435 g/mol. The second kappa shape index (κ2) is 8.55. The zero-order valence-corrected chi connectivity index (χ0v) is 18.1. The van der Waals surface area contributed by atoms with Crippen LogP contribution in [-0.2, 0) is 19.6 Å². The van der Waals surface area contributed by atoms with Crippen molar-refractivity contribution in [3.63, 3.8) is 0 Å². The Balaban J connectivity index is 1.50. The number of aryl methyl sites for hydroxylation is 1. The number of amides is 2. The fraction of sp³-hybridized carbons (Fsp3) is 0.619. The molecule has 0 aromatic heterocycles. The van der Waals surface area contributed by atoms with Crippen molar-refractivity contribution < 1.29 is 22.7 Å². The first kappa shape index (κ1) is 21.1. The quantitative estimate of drug-likeness (QED) is 0.754. The first-order chi connectivity index (χ1) is 14.3. The maximum absolute atomic E-state index is 13.4. The minimum Gasteiger partial charge on any atom is -0.482 e. The van der Waals surface area contributed by atoms with Gasteiger partial charge in [-0.2, -0.15) is 4.31 Å². The van der Waals surface area contributed by atoms with Gasteiger partial charge in [-0.1, -0.05) is 19.3 Å². The predicted molar refractivity (Wildman–Crippen MR) is 112 cm³/mol. The molecule has 8 nitrogen and oxygen atoms in total. The summed E-state index contributed by atoms with van der Waals surface area (Å²) in [7, 11) is -3.78. The van der Waals surface area contributed by atoms with Gasteiger partial charge < -0.3 is 15.4 Å². The molecule has 164 valence electrons. The molecule has 2 aliphatic heterocycles.